The Bertz CT molecular complexity index is 1050. The van der Waals surface area contributed by atoms with Gasteiger partial charge >= 0.3 is 0 Å². The van der Waals surface area contributed by atoms with Gasteiger partial charge in [-0.25, -0.2) is 4.98 Å². The van der Waals surface area contributed by atoms with Gasteiger partial charge in [0.05, 0.1) is 29.6 Å². The summed E-state index contributed by atoms with van der Waals surface area (Å²) in [5, 5.41) is 12.0. The number of imidazole rings is 1. The smallest absolute Gasteiger partial charge is 0.227 e. The fourth-order valence-electron chi connectivity index (χ4n) is 3.60. The third-order valence-corrected chi connectivity index (χ3v) is 5.61. The van der Waals surface area contributed by atoms with Gasteiger partial charge in [0.2, 0.25) is 11.8 Å². The monoisotopic (exact) mass is 431 g/mol. The SMILES string of the molecule is CCC(C)C(NC(=O)CCC(=O)N(CCC#N)c1ccccc1)c1nc2ccccc2[nH]1. The summed E-state index contributed by atoms with van der Waals surface area (Å²) in [5.41, 5.74) is 2.51. The molecule has 3 aromatic rings. The molecule has 166 valence electrons. The van der Waals surface area contributed by atoms with Crippen LogP contribution in [0.25, 0.3) is 11.0 Å². The number of nitrogens with one attached hydrogen (secondary N) is 2. The number of hydrogen-bond acceptors (Lipinski definition) is 4. The van der Waals surface area contributed by atoms with Crippen LogP contribution in [0.15, 0.2) is 54.6 Å². The van der Waals surface area contributed by atoms with E-state index in [9.17, 15) is 9.59 Å². The van der Waals surface area contributed by atoms with Crippen molar-refractivity contribution in [1.29, 1.82) is 5.26 Å². The highest BCUT2D eigenvalue weighted by atomic mass is 16.2. The Hall–Kier alpha value is -3.66. The topological polar surface area (TPSA) is 102 Å². The third kappa shape index (κ3) is 5.73. The lowest BCUT2D eigenvalue weighted by atomic mass is 9.98. The number of amides is 2. The number of fused-ring (bicyclic) bond motifs is 1. The third-order valence-electron chi connectivity index (χ3n) is 5.61. The Balaban J connectivity index is 1.66. The summed E-state index contributed by atoms with van der Waals surface area (Å²) in [5.74, 6) is 0.523. The molecule has 2 amide bonds. The van der Waals surface area contributed by atoms with E-state index in [0.717, 1.165) is 29.0 Å². The predicted octanol–water partition coefficient (Wildman–Crippen LogP) is 4.49. The molecule has 32 heavy (non-hydrogen) atoms. The molecule has 2 unspecified atom stereocenters. The molecule has 0 bridgehead atoms. The van der Waals surface area contributed by atoms with E-state index in [2.05, 4.69) is 35.2 Å². The number of hydrogen-bond donors (Lipinski definition) is 2. The van der Waals surface area contributed by atoms with Crippen LogP contribution >= 0.6 is 0 Å². The number of carbonyl (C=O) groups excluding carboxylic acids is 2. The number of aromatic amines is 1. The van der Waals surface area contributed by atoms with Crippen LogP contribution in [0.1, 0.15) is 51.4 Å². The maximum absolute atomic E-state index is 12.8. The lowest BCUT2D eigenvalue weighted by Crippen LogP contribution is -2.35. The Labute approximate surface area is 188 Å². The number of H-pyrrole nitrogens is 1. The summed E-state index contributed by atoms with van der Waals surface area (Å²) in [4.78, 5) is 35.1. The van der Waals surface area contributed by atoms with Crippen molar-refractivity contribution >= 4 is 28.5 Å². The average Bonchev–Trinajstić information content (AvgIpc) is 3.25. The molecule has 1 aromatic heterocycles. The predicted molar refractivity (Wildman–Crippen MR) is 125 cm³/mol. The van der Waals surface area contributed by atoms with Crippen molar-refractivity contribution < 1.29 is 9.59 Å². The highest BCUT2D eigenvalue weighted by Crippen LogP contribution is 2.25. The highest BCUT2D eigenvalue weighted by Gasteiger charge is 2.24. The standard InChI is InChI=1S/C25H29N5O2/c1-3-18(2)24(25-27-20-12-7-8-13-21(20)28-25)29-22(31)14-15-23(32)30(17-9-16-26)19-10-5-4-6-11-19/h4-8,10-13,18,24H,3,9,14-15,17H2,1-2H3,(H,27,28)(H,29,31). The fraction of sp³-hybridized carbons (Fsp3) is 0.360. The molecule has 0 aliphatic heterocycles. The first-order valence-corrected chi connectivity index (χ1v) is 11.0. The van der Waals surface area contributed by atoms with Crippen LogP contribution in [-0.2, 0) is 9.59 Å². The van der Waals surface area contributed by atoms with Gasteiger partial charge in [0.15, 0.2) is 0 Å². The van der Waals surface area contributed by atoms with E-state index in [0.29, 0.717) is 6.54 Å². The molecule has 0 aliphatic carbocycles. The van der Waals surface area contributed by atoms with E-state index in [1.54, 1.807) is 4.90 Å². The number of benzene rings is 2. The molecule has 0 fully saturated rings. The van der Waals surface area contributed by atoms with Crippen molar-refractivity contribution in [3.8, 4) is 6.07 Å². The Morgan fingerprint density at radius 1 is 1.12 bits per heavy atom. The van der Waals surface area contributed by atoms with Crippen molar-refractivity contribution in [2.24, 2.45) is 5.92 Å². The first kappa shape index (κ1) is 23.0. The van der Waals surface area contributed by atoms with Crippen molar-refractivity contribution in [3.63, 3.8) is 0 Å². The van der Waals surface area contributed by atoms with Crippen LogP contribution in [0.3, 0.4) is 0 Å². The van der Waals surface area contributed by atoms with Gasteiger partial charge in [-0.2, -0.15) is 5.26 Å². The molecule has 0 spiro atoms. The normalized spacial score (nSPS) is 12.7. The van der Waals surface area contributed by atoms with E-state index < -0.39 is 0 Å². The number of nitrogens with zero attached hydrogens (tertiary/aromatic N) is 3. The molecule has 2 N–H and O–H groups in total. The van der Waals surface area contributed by atoms with Crippen LogP contribution in [0.4, 0.5) is 5.69 Å². The van der Waals surface area contributed by atoms with Crippen LogP contribution in [0.2, 0.25) is 0 Å². The molecular weight excluding hydrogens is 402 g/mol. The van der Waals surface area contributed by atoms with E-state index >= 15 is 0 Å². The molecule has 0 saturated heterocycles. The summed E-state index contributed by atoms with van der Waals surface area (Å²) < 4.78 is 0. The minimum Gasteiger partial charge on any atom is -0.346 e. The van der Waals surface area contributed by atoms with E-state index in [1.807, 2.05) is 54.6 Å². The number of carbonyl (C=O) groups is 2. The maximum Gasteiger partial charge on any atom is 0.227 e. The molecule has 3 rings (SSSR count). The van der Waals surface area contributed by atoms with Gasteiger partial charge in [-0.05, 0) is 30.2 Å². The molecule has 1 heterocycles. The molecule has 7 nitrogen and oxygen atoms in total. The molecule has 0 saturated carbocycles. The zero-order valence-corrected chi connectivity index (χ0v) is 18.5. The number of anilines is 1. The van der Waals surface area contributed by atoms with Gasteiger partial charge in [0.25, 0.3) is 0 Å². The molecule has 2 atom stereocenters. The largest absolute Gasteiger partial charge is 0.346 e. The first-order valence-electron chi connectivity index (χ1n) is 11.0. The average molecular weight is 432 g/mol. The van der Waals surface area contributed by atoms with Gasteiger partial charge in [-0.15, -0.1) is 0 Å². The second-order valence-corrected chi connectivity index (χ2v) is 7.86. The van der Waals surface area contributed by atoms with Crippen LogP contribution in [0.5, 0.6) is 0 Å². The lowest BCUT2D eigenvalue weighted by molar-refractivity contribution is -0.126. The van der Waals surface area contributed by atoms with Crippen molar-refractivity contribution in [1.82, 2.24) is 15.3 Å². The Morgan fingerprint density at radius 3 is 2.53 bits per heavy atom. The number of rotatable bonds is 10. The molecule has 0 aliphatic rings. The molecular formula is C25H29N5O2. The van der Waals surface area contributed by atoms with Crippen LogP contribution < -0.4 is 10.2 Å². The van der Waals surface area contributed by atoms with Crippen molar-refractivity contribution in [3.05, 3.63) is 60.4 Å². The van der Waals surface area contributed by atoms with Crippen molar-refractivity contribution in [2.45, 2.75) is 45.6 Å². The van der Waals surface area contributed by atoms with Crippen LogP contribution in [0, 0.1) is 17.2 Å². The van der Waals surface area contributed by atoms with Gasteiger partial charge in [-0.1, -0.05) is 50.6 Å². The fourth-order valence-corrected chi connectivity index (χ4v) is 3.60. The van der Waals surface area contributed by atoms with Gasteiger partial charge in [0.1, 0.15) is 5.82 Å². The molecule has 7 heteroatoms. The van der Waals surface area contributed by atoms with E-state index in [4.69, 9.17) is 5.26 Å². The van der Waals surface area contributed by atoms with Crippen molar-refractivity contribution in [2.75, 3.05) is 11.4 Å². The quantitative estimate of drug-likeness (QED) is 0.494. The second-order valence-electron chi connectivity index (χ2n) is 7.86. The minimum absolute atomic E-state index is 0.0690. The summed E-state index contributed by atoms with van der Waals surface area (Å²) in [6.07, 6.45) is 1.24. The second kappa shape index (κ2) is 11.1. The summed E-state index contributed by atoms with van der Waals surface area (Å²) in [6.45, 7) is 4.45. The Morgan fingerprint density at radius 2 is 1.84 bits per heavy atom. The first-order chi connectivity index (χ1) is 15.5. The summed E-state index contributed by atoms with van der Waals surface area (Å²) in [6, 6.07) is 18.8. The molecule has 2 aromatic carbocycles. The highest BCUT2D eigenvalue weighted by molar-refractivity contribution is 5.95. The maximum atomic E-state index is 12.8. The van der Waals surface area contributed by atoms with E-state index in [1.165, 1.54) is 0 Å². The number of para-hydroxylation sites is 3. The minimum atomic E-state index is -0.265. The van der Waals surface area contributed by atoms with E-state index in [-0.39, 0.29) is 43.0 Å². The number of aromatic nitrogens is 2. The summed E-state index contributed by atoms with van der Waals surface area (Å²) >= 11 is 0. The van der Waals surface area contributed by atoms with Crippen LogP contribution in [-0.4, -0.2) is 28.3 Å². The van der Waals surface area contributed by atoms with Gasteiger partial charge in [-0.3, -0.25) is 9.59 Å². The Kier molecular flexibility index (Phi) is 7.98. The molecule has 0 radical (unpaired) electrons. The van der Waals surface area contributed by atoms with Gasteiger partial charge in [0, 0.05) is 25.1 Å². The zero-order valence-electron chi connectivity index (χ0n) is 18.5. The van der Waals surface area contributed by atoms with Gasteiger partial charge < -0.3 is 15.2 Å². The lowest BCUT2D eigenvalue weighted by Gasteiger charge is -2.24. The summed E-state index contributed by atoms with van der Waals surface area (Å²) in [7, 11) is 0. The zero-order chi connectivity index (χ0) is 22.9. The number of nitriles is 1.